The molecule has 4 rings (SSSR count). The van der Waals surface area contributed by atoms with Gasteiger partial charge in [0.2, 0.25) is 0 Å². The fourth-order valence-electron chi connectivity index (χ4n) is 4.48. The number of urea groups is 1. The van der Waals surface area contributed by atoms with Crippen molar-refractivity contribution in [1.29, 1.82) is 0 Å². The van der Waals surface area contributed by atoms with E-state index in [0.29, 0.717) is 23.6 Å². The Morgan fingerprint density at radius 3 is 2.56 bits per heavy atom. The SMILES string of the molecule is CCOC(=O)C1=C(CN2CCN(c3cccc(C)c3)CC2)NC(=O)NC1c1cccc(OC)c1. The minimum absolute atomic E-state index is 0.254. The number of hydrogen-bond donors (Lipinski definition) is 2. The molecule has 0 spiro atoms. The molecule has 2 aromatic carbocycles. The summed E-state index contributed by atoms with van der Waals surface area (Å²) in [5.74, 6) is 0.221. The van der Waals surface area contributed by atoms with Crippen LogP contribution < -0.4 is 20.3 Å². The predicted octanol–water partition coefficient (Wildman–Crippen LogP) is 3.00. The number of amides is 2. The van der Waals surface area contributed by atoms with E-state index in [-0.39, 0.29) is 12.6 Å². The molecule has 1 saturated heterocycles. The molecule has 1 fully saturated rings. The molecule has 1 unspecified atom stereocenters. The Morgan fingerprint density at radius 2 is 1.85 bits per heavy atom. The summed E-state index contributed by atoms with van der Waals surface area (Å²) in [5, 5.41) is 5.76. The van der Waals surface area contributed by atoms with E-state index in [1.54, 1.807) is 14.0 Å². The molecule has 0 radical (unpaired) electrons. The molecule has 8 heteroatoms. The van der Waals surface area contributed by atoms with Gasteiger partial charge < -0.3 is 25.0 Å². The highest BCUT2D eigenvalue weighted by molar-refractivity contribution is 5.95. The fraction of sp³-hybridized carbons (Fsp3) is 0.385. The number of aryl methyl sites for hydroxylation is 1. The second kappa shape index (κ2) is 10.6. The summed E-state index contributed by atoms with van der Waals surface area (Å²) in [5.41, 5.74) is 4.23. The zero-order valence-electron chi connectivity index (χ0n) is 20.0. The number of piperazine rings is 1. The summed E-state index contributed by atoms with van der Waals surface area (Å²) in [4.78, 5) is 30.2. The summed E-state index contributed by atoms with van der Waals surface area (Å²) < 4.78 is 10.7. The number of esters is 1. The van der Waals surface area contributed by atoms with E-state index in [1.165, 1.54) is 11.3 Å². The largest absolute Gasteiger partial charge is 0.497 e. The van der Waals surface area contributed by atoms with E-state index in [1.807, 2.05) is 24.3 Å². The molecule has 2 N–H and O–H groups in total. The Kier molecular flexibility index (Phi) is 7.37. The van der Waals surface area contributed by atoms with E-state index in [0.717, 1.165) is 31.7 Å². The zero-order chi connectivity index (χ0) is 24.1. The van der Waals surface area contributed by atoms with Crippen molar-refractivity contribution in [3.63, 3.8) is 0 Å². The van der Waals surface area contributed by atoms with Crippen LogP contribution in [0.15, 0.2) is 59.8 Å². The van der Waals surface area contributed by atoms with Gasteiger partial charge in [-0.3, -0.25) is 4.90 Å². The molecule has 2 amide bonds. The summed E-state index contributed by atoms with van der Waals surface area (Å²) in [6.07, 6.45) is 0. The number of ether oxygens (including phenoxy) is 2. The molecule has 8 nitrogen and oxygen atoms in total. The third kappa shape index (κ3) is 5.34. The second-order valence-corrected chi connectivity index (χ2v) is 8.52. The van der Waals surface area contributed by atoms with Crippen LogP contribution in [-0.4, -0.2) is 63.3 Å². The van der Waals surface area contributed by atoms with Crippen LogP contribution in [0.2, 0.25) is 0 Å². The Bertz CT molecular complexity index is 1080. The van der Waals surface area contributed by atoms with Gasteiger partial charge in [-0.1, -0.05) is 24.3 Å². The molecule has 2 aromatic rings. The first kappa shape index (κ1) is 23.6. The number of carbonyl (C=O) groups excluding carboxylic acids is 2. The normalized spacial score (nSPS) is 18.9. The third-order valence-corrected chi connectivity index (χ3v) is 6.20. The highest BCUT2D eigenvalue weighted by atomic mass is 16.5. The number of rotatable bonds is 7. The van der Waals surface area contributed by atoms with E-state index in [4.69, 9.17) is 9.47 Å². The molecule has 0 aromatic heterocycles. The molecule has 2 heterocycles. The van der Waals surface area contributed by atoms with Crippen molar-refractivity contribution in [3.8, 4) is 5.75 Å². The number of methoxy groups -OCH3 is 1. The molecule has 0 saturated carbocycles. The minimum Gasteiger partial charge on any atom is -0.497 e. The third-order valence-electron chi connectivity index (χ3n) is 6.20. The van der Waals surface area contributed by atoms with Gasteiger partial charge in [0.25, 0.3) is 0 Å². The van der Waals surface area contributed by atoms with Crippen LogP contribution in [0.5, 0.6) is 5.75 Å². The smallest absolute Gasteiger partial charge is 0.338 e. The number of hydrogen-bond acceptors (Lipinski definition) is 6. The second-order valence-electron chi connectivity index (χ2n) is 8.52. The number of nitrogens with zero attached hydrogens (tertiary/aromatic N) is 2. The van der Waals surface area contributed by atoms with Crippen LogP contribution in [0.1, 0.15) is 24.1 Å². The maximum atomic E-state index is 13.0. The van der Waals surface area contributed by atoms with Crippen molar-refractivity contribution in [2.75, 3.05) is 51.3 Å². The maximum absolute atomic E-state index is 13.0. The predicted molar refractivity (Wildman–Crippen MR) is 131 cm³/mol. The van der Waals surface area contributed by atoms with Gasteiger partial charge in [0.05, 0.1) is 25.3 Å². The van der Waals surface area contributed by atoms with Crippen LogP contribution in [0, 0.1) is 6.92 Å². The van der Waals surface area contributed by atoms with E-state index >= 15 is 0 Å². The quantitative estimate of drug-likeness (QED) is 0.613. The van der Waals surface area contributed by atoms with Crippen LogP contribution in [0.3, 0.4) is 0 Å². The molecular weight excluding hydrogens is 432 g/mol. The lowest BCUT2D eigenvalue weighted by molar-refractivity contribution is -0.139. The molecular formula is C26H32N4O4. The van der Waals surface area contributed by atoms with Crippen LogP contribution in [-0.2, 0) is 9.53 Å². The zero-order valence-corrected chi connectivity index (χ0v) is 20.0. The lowest BCUT2D eigenvalue weighted by Gasteiger charge is -2.38. The molecule has 0 bridgehead atoms. The van der Waals surface area contributed by atoms with Gasteiger partial charge >= 0.3 is 12.0 Å². The summed E-state index contributed by atoms with van der Waals surface area (Å²) in [7, 11) is 1.59. The fourth-order valence-corrected chi connectivity index (χ4v) is 4.48. The first-order valence-corrected chi connectivity index (χ1v) is 11.6. The first-order valence-electron chi connectivity index (χ1n) is 11.6. The minimum atomic E-state index is -0.619. The summed E-state index contributed by atoms with van der Waals surface area (Å²) in [6, 6.07) is 14.9. The van der Waals surface area contributed by atoms with Crippen molar-refractivity contribution < 1.29 is 19.1 Å². The van der Waals surface area contributed by atoms with Gasteiger partial charge in [-0.25, -0.2) is 9.59 Å². The van der Waals surface area contributed by atoms with E-state index in [9.17, 15) is 9.59 Å². The Hall–Kier alpha value is -3.52. The van der Waals surface area contributed by atoms with Gasteiger partial charge in [-0.15, -0.1) is 0 Å². The molecule has 2 aliphatic rings. The van der Waals surface area contributed by atoms with Crippen molar-refractivity contribution in [1.82, 2.24) is 15.5 Å². The van der Waals surface area contributed by atoms with E-state index < -0.39 is 12.0 Å². The van der Waals surface area contributed by atoms with E-state index in [2.05, 4.69) is 51.6 Å². The number of anilines is 1. The highest BCUT2D eigenvalue weighted by Gasteiger charge is 2.35. The van der Waals surface area contributed by atoms with Crippen molar-refractivity contribution >= 4 is 17.7 Å². The molecule has 1 atom stereocenters. The Morgan fingerprint density at radius 1 is 1.09 bits per heavy atom. The Balaban J connectivity index is 1.57. The lowest BCUT2D eigenvalue weighted by atomic mass is 9.94. The lowest BCUT2D eigenvalue weighted by Crippen LogP contribution is -2.51. The maximum Gasteiger partial charge on any atom is 0.338 e. The summed E-state index contributed by atoms with van der Waals surface area (Å²) >= 11 is 0. The topological polar surface area (TPSA) is 83.1 Å². The molecule has 34 heavy (non-hydrogen) atoms. The van der Waals surface area contributed by atoms with Gasteiger partial charge in [-0.2, -0.15) is 0 Å². The average Bonchev–Trinajstić information content (AvgIpc) is 2.84. The molecule has 180 valence electrons. The van der Waals surface area contributed by atoms with Gasteiger partial charge in [0.15, 0.2) is 0 Å². The van der Waals surface area contributed by atoms with Crippen LogP contribution in [0.25, 0.3) is 0 Å². The Labute approximate surface area is 200 Å². The number of carbonyl (C=O) groups is 2. The monoisotopic (exact) mass is 464 g/mol. The number of nitrogens with one attached hydrogen (secondary N) is 2. The van der Waals surface area contributed by atoms with Crippen LogP contribution in [0.4, 0.5) is 10.5 Å². The first-order chi connectivity index (χ1) is 16.5. The van der Waals surface area contributed by atoms with Crippen LogP contribution >= 0.6 is 0 Å². The molecule has 0 aliphatic carbocycles. The van der Waals surface area contributed by atoms with Crippen molar-refractivity contribution in [3.05, 3.63) is 70.9 Å². The molecule has 2 aliphatic heterocycles. The van der Waals surface area contributed by atoms with Crippen molar-refractivity contribution in [2.45, 2.75) is 19.9 Å². The summed E-state index contributed by atoms with van der Waals surface area (Å²) in [6.45, 7) is 7.97. The standard InChI is InChI=1S/C26H32N4O4/c1-4-34-25(31)23-22(27-26(32)28-24(23)19-8-6-10-21(16-19)33-3)17-29-11-13-30(14-12-29)20-9-5-7-18(2)15-20/h5-10,15-16,24H,4,11-14,17H2,1-3H3,(H2,27,28,32). The van der Waals surface area contributed by atoms with Crippen molar-refractivity contribution in [2.24, 2.45) is 0 Å². The number of benzene rings is 2. The van der Waals surface area contributed by atoms with Gasteiger partial charge in [0.1, 0.15) is 5.75 Å². The van der Waals surface area contributed by atoms with Gasteiger partial charge in [0, 0.05) is 44.1 Å². The van der Waals surface area contributed by atoms with Gasteiger partial charge in [-0.05, 0) is 49.2 Å². The highest BCUT2D eigenvalue weighted by Crippen LogP contribution is 2.30. The average molecular weight is 465 g/mol.